The van der Waals surface area contributed by atoms with Crippen molar-refractivity contribution in [1.82, 2.24) is 5.32 Å². The van der Waals surface area contributed by atoms with Gasteiger partial charge in [0.1, 0.15) is 10.6 Å². The summed E-state index contributed by atoms with van der Waals surface area (Å²) in [5, 5.41) is 6.89. The molecule has 0 aliphatic carbocycles. The number of rotatable bonds is 5. The predicted molar refractivity (Wildman–Crippen MR) is 130 cm³/mol. The van der Waals surface area contributed by atoms with Crippen LogP contribution in [0.3, 0.4) is 0 Å². The van der Waals surface area contributed by atoms with Crippen molar-refractivity contribution >= 4 is 44.1 Å². The summed E-state index contributed by atoms with van der Waals surface area (Å²) in [6.45, 7) is 0. The lowest BCUT2D eigenvalue weighted by Gasteiger charge is -2.14. The maximum atomic E-state index is 12.8. The number of ether oxygens (including phenoxy) is 1. The number of benzene rings is 4. The number of carbonyl (C=O) groups is 1. The van der Waals surface area contributed by atoms with Crippen LogP contribution in [0.2, 0.25) is 0 Å². The molecule has 1 amide bonds. The second-order valence-corrected chi connectivity index (χ2v) is 8.56. The van der Waals surface area contributed by atoms with Crippen molar-refractivity contribution in [3.05, 3.63) is 96.6 Å². The van der Waals surface area contributed by atoms with Gasteiger partial charge in [-0.25, -0.2) is 4.99 Å². The molecule has 0 saturated heterocycles. The monoisotopic (exact) mass is 474 g/mol. The Hall–Kier alpha value is -4.21. The second kappa shape index (κ2) is 9.74. The van der Waals surface area contributed by atoms with E-state index < -0.39 is 10.1 Å². The van der Waals surface area contributed by atoms with Crippen molar-refractivity contribution < 1.29 is 22.5 Å². The molecule has 0 unspecified atom stereocenters. The molecule has 0 aromatic heterocycles. The number of nitrogens with zero attached hydrogens (tertiary/aromatic N) is 1. The smallest absolute Gasteiger partial charge is 0.295 e. The van der Waals surface area contributed by atoms with E-state index in [1.807, 2.05) is 0 Å². The molecule has 171 valence electrons. The number of amides is 1. The van der Waals surface area contributed by atoms with Gasteiger partial charge in [0.2, 0.25) is 5.96 Å². The van der Waals surface area contributed by atoms with Crippen LogP contribution in [0, 0.1) is 6.07 Å². The van der Waals surface area contributed by atoms with Crippen LogP contribution in [0.4, 0.5) is 11.4 Å². The van der Waals surface area contributed by atoms with Gasteiger partial charge in [0.05, 0.1) is 12.8 Å². The zero-order valence-electron chi connectivity index (χ0n) is 18.0. The van der Waals surface area contributed by atoms with Gasteiger partial charge in [-0.05, 0) is 53.9 Å². The van der Waals surface area contributed by atoms with Gasteiger partial charge < -0.3 is 10.1 Å². The van der Waals surface area contributed by atoms with Crippen LogP contribution in [-0.2, 0) is 10.1 Å². The number of nitrogens with one attached hydrogen (secondary N) is 2. The zero-order valence-corrected chi connectivity index (χ0v) is 18.8. The first-order chi connectivity index (χ1) is 16.3. The number of hydrogen-bond donors (Lipinski definition) is 3. The molecule has 8 nitrogen and oxygen atoms in total. The quantitative estimate of drug-likeness (QED) is 0.224. The van der Waals surface area contributed by atoms with E-state index in [1.165, 1.54) is 6.07 Å². The first kappa shape index (κ1) is 23.0. The molecule has 0 fully saturated rings. The molecular weight excluding hydrogens is 454 g/mol. The summed E-state index contributed by atoms with van der Waals surface area (Å²) in [6.07, 6.45) is 0. The van der Waals surface area contributed by atoms with Gasteiger partial charge in [0.25, 0.3) is 16.0 Å². The van der Waals surface area contributed by atoms with E-state index in [0.29, 0.717) is 33.5 Å². The fourth-order valence-corrected chi connectivity index (χ4v) is 3.67. The largest absolute Gasteiger partial charge is 0.497 e. The molecule has 0 aliphatic heterocycles. The van der Waals surface area contributed by atoms with Crippen LogP contribution < -0.4 is 15.4 Å². The number of hydrogen-bond acceptors (Lipinski definition) is 5. The summed E-state index contributed by atoms with van der Waals surface area (Å²) in [6, 6.07) is 26.3. The van der Waals surface area contributed by atoms with Gasteiger partial charge in [-0.15, -0.1) is 0 Å². The molecule has 9 heteroatoms. The Balaban J connectivity index is 1.75. The van der Waals surface area contributed by atoms with E-state index in [1.54, 1.807) is 86.0 Å². The third kappa shape index (κ3) is 5.40. The lowest BCUT2D eigenvalue weighted by Crippen LogP contribution is -2.35. The van der Waals surface area contributed by atoms with E-state index in [9.17, 15) is 17.8 Å². The SMILES string of the molecule is COc1ccc(/N=C(/NC(=O)c2ccccc2)Nc2cccc3ccc(S(=O)(=O)O)[c]c23)cc1. The summed E-state index contributed by atoms with van der Waals surface area (Å²) < 4.78 is 37.8. The lowest BCUT2D eigenvalue weighted by atomic mass is 10.1. The van der Waals surface area contributed by atoms with E-state index in [2.05, 4.69) is 21.7 Å². The van der Waals surface area contributed by atoms with E-state index in [-0.39, 0.29) is 16.8 Å². The van der Waals surface area contributed by atoms with Crippen LogP contribution in [0.25, 0.3) is 10.8 Å². The molecule has 3 N–H and O–H groups in total. The Morgan fingerprint density at radius 3 is 2.35 bits per heavy atom. The molecule has 1 radical (unpaired) electrons. The molecule has 0 heterocycles. The first-order valence-electron chi connectivity index (χ1n) is 10.1. The van der Waals surface area contributed by atoms with Crippen LogP contribution >= 0.6 is 0 Å². The number of carbonyl (C=O) groups excluding carboxylic acids is 1. The second-order valence-electron chi connectivity index (χ2n) is 7.17. The third-order valence-electron chi connectivity index (χ3n) is 4.87. The molecular formula is C25H20N3O5S. The number of guanidine groups is 1. The van der Waals surface area contributed by atoms with Gasteiger partial charge in [-0.1, -0.05) is 36.4 Å². The van der Waals surface area contributed by atoms with Crippen molar-refractivity contribution in [1.29, 1.82) is 0 Å². The van der Waals surface area contributed by atoms with E-state index in [0.717, 1.165) is 0 Å². The molecule has 0 bridgehead atoms. The van der Waals surface area contributed by atoms with Crippen molar-refractivity contribution in [2.24, 2.45) is 4.99 Å². The molecule has 34 heavy (non-hydrogen) atoms. The van der Waals surface area contributed by atoms with Crippen LogP contribution in [0.5, 0.6) is 5.75 Å². The summed E-state index contributed by atoms with van der Waals surface area (Å²) in [5.74, 6) is 0.378. The summed E-state index contributed by atoms with van der Waals surface area (Å²) in [4.78, 5) is 17.0. The highest BCUT2D eigenvalue weighted by atomic mass is 32.2. The van der Waals surface area contributed by atoms with Crippen LogP contribution in [0.1, 0.15) is 10.4 Å². The Morgan fingerprint density at radius 2 is 1.68 bits per heavy atom. The fourth-order valence-electron chi connectivity index (χ4n) is 3.20. The average molecular weight is 475 g/mol. The summed E-state index contributed by atoms with van der Waals surface area (Å²) in [5.41, 5.74) is 1.41. The number of anilines is 1. The van der Waals surface area contributed by atoms with Gasteiger partial charge in [-0.3, -0.25) is 14.7 Å². The molecule has 4 aromatic rings. The molecule has 0 atom stereocenters. The van der Waals surface area contributed by atoms with E-state index >= 15 is 0 Å². The van der Waals surface area contributed by atoms with Crippen LogP contribution in [0.15, 0.2) is 94.8 Å². The standard InChI is InChI=1S/C25H20N3O5S/c1-33-20-13-11-19(12-14-20)26-25(28-24(29)18-6-3-2-4-7-18)27-23-9-5-8-17-10-15-21(16-22(17)23)34(30,31)32/h2-15H,1H3,(H,30,31,32)(H2,26,27,28,29). The molecule has 4 aromatic carbocycles. The molecule has 4 rings (SSSR count). The van der Waals surface area contributed by atoms with Crippen LogP contribution in [-0.4, -0.2) is 31.9 Å². The minimum absolute atomic E-state index is 0.108. The zero-order chi connectivity index (χ0) is 24.1. The van der Waals surface area contributed by atoms with Gasteiger partial charge in [0, 0.05) is 22.7 Å². The molecule has 0 aliphatic rings. The number of methoxy groups -OCH3 is 1. The topological polar surface area (TPSA) is 117 Å². The Kier molecular flexibility index (Phi) is 6.58. The van der Waals surface area contributed by atoms with Crippen molar-refractivity contribution in [3.63, 3.8) is 0 Å². The fraction of sp³-hybridized carbons (Fsp3) is 0.0400. The minimum Gasteiger partial charge on any atom is -0.497 e. The van der Waals surface area contributed by atoms with Crippen molar-refractivity contribution in [2.75, 3.05) is 12.4 Å². The van der Waals surface area contributed by atoms with Gasteiger partial charge >= 0.3 is 0 Å². The first-order valence-corrected chi connectivity index (χ1v) is 11.6. The van der Waals surface area contributed by atoms with Crippen molar-refractivity contribution in [3.8, 4) is 5.75 Å². The lowest BCUT2D eigenvalue weighted by molar-refractivity contribution is 0.0977. The average Bonchev–Trinajstić information content (AvgIpc) is 2.84. The Labute approximate surface area is 196 Å². The minimum atomic E-state index is -4.44. The normalized spacial score (nSPS) is 11.8. The Bertz CT molecular complexity index is 1470. The Morgan fingerprint density at radius 1 is 0.941 bits per heavy atom. The maximum Gasteiger partial charge on any atom is 0.295 e. The summed E-state index contributed by atoms with van der Waals surface area (Å²) in [7, 11) is -2.89. The highest BCUT2D eigenvalue weighted by molar-refractivity contribution is 7.85. The third-order valence-corrected chi connectivity index (χ3v) is 5.67. The van der Waals surface area contributed by atoms with Crippen molar-refractivity contribution in [2.45, 2.75) is 4.90 Å². The maximum absolute atomic E-state index is 12.8. The van der Waals surface area contributed by atoms with E-state index in [4.69, 9.17) is 4.74 Å². The summed E-state index contributed by atoms with van der Waals surface area (Å²) >= 11 is 0. The predicted octanol–water partition coefficient (Wildman–Crippen LogP) is 4.42. The number of aliphatic imine (C=N–C) groups is 1. The highest BCUT2D eigenvalue weighted by Crippen LogP contribution is 2.26. The molecule has 0 spiro atoms. The molecule has 0 saturated carbocycles. The highest BCUT2D eigenvalue weighted by Gasteiger charge is 2.14. The number of fused-ring (bicyclic) bond motifs is 1. The van der Waals surface area contributed by atoms with Gasteiger partial charge in [0.15, 0.2) is 0 Å². The van der Waals surface area contributed by atoms with Gasteiger partial charge in [-0.2, -0.15) is 8.42 Å².